The van der Waals surface area contributed by atoms with E-state index in [1.54, 1.807) is 0 Å². The Hall–Kier alpha value is -1.95. The molecule has 0 bridgehead atoms. The zero-order valence-electron chi connectivity index (χ0n) is 11.8. The summed E-state index contributed by atoms with van der Waals surface area (Å²) in [5.74, 6) is -1.81. The molecule has 1 atom stereocenters. The summed E-state index contributed by atoms with van der Waals surface area (Å²) < 4.78 is 18.2. The lowest BCUT2D eigenvalue weighted by Crippen LogP contribution is -2.52. The molecule has 1 heterocycles. The van der Waals surface area contributed by atoms with Crippen molar-refractivity contribution < 1.29 is 23.8 Å². The molecule has 0 aliphatic carbocycles. The number of nitrogens with zero attached hydrogens (tertiary/aromatic N) is 1. The van der Waals surface area contributed by atoms with Crippen LogP contribution in [0.4, 0.5) is 4.39 Å². The van der Waals surface area contributed by atoms with Gasteiger partial charge in [0.15, 0.2) is 0 Å². The third-order valence-corrected chi connectivity index (χ3v) is 3.81. The smallest absolute Gasteiger partial charge is 0.313 e. The average Bonchev–Trinajstić information content (AvgIpc) is 2.47. The van der Waals surface area contributed by atoms with Crippen LogP contribution in [0.2, 0.25) is 0 Å². The van der Waals surface area contributed by atoms with Gasteiger partial charge in [0.05, 0.1) is 6.61 Å². The van der Waals surface area contributed by atoms with Gasteiger partial charge in [-0.1, -0.05) is 6.07 Å². The number of halogens is 1. The molecule has 1 aromatic carbocycles. The molecule has 21 heavy (non-hydrogen) atoms. The van der Waals surface area contributed by atoms with Crippen LogP contribution in [0, 0.1) is 11.2 Å². The van der Waals surface area contributed by atoms with Crippen molar-refractivity contribution in [2.24, 2.45) is 5.41 Å². The summed E-state index contributed by atoms with van der Waals surface area (Å²) in [6.45, 7) is 0.592. The molecular weight excluding hydrogens is 277 g/mol. The van der Waals surface area contributed by atoms with Crippen LogP contribution < -0.4 is 0 Å². The fourth-order valence-corrected chi connectivity index (χ4v) is 2.74. The van der Waals surface area contributed by atoms with Crippen molar-refractivity contribution in [2.45, 2.75) is 12.8 Å². The number of aliphatic carboxylic acids is 1. The number of methoxy groups -OCH3 is 1. The molecular formula is C15H18FNO4. The molecule has 6 heteroatoms. The number of hydrogen-bond donors (Lipinski definition) is 1. The average molecular weight is 295 g/mol. The molecule has 5 nitrogen and oxygen atoms in total. The first-order chi connectivity index (χ1) is 9.98. The predicted molar refractivity (Wildman–Crippen MR) is 73.5 cm³/mol. The Morgan fingerprint density at radius 1 is 1.48 bits per heavy atom. The SMILES string of the molecule is COCC1(C(=O)O)CCCN(C(=O)c2cccc(F)c2)C1. The Morgan fingerprint density at radius 2 is 2.24 bits per heavy atom. The number of carboxylic acid groups (broad SMARTS) is 1. The first-order valence-electron chi connectivity index (χ1n) is 6.76. The number of carbonyl (C=O) groups excluding carboxylic acids is 1. The van der Waals surface area contributed by atoms with Gasteiger partial charge in [0.2, 0.25) is 0 Å². The fourth-order valence-electron chi connectivity index (χ4n) is 2.74. The van der Waals surface area contributed by atoms with E-state index in [9.17, 15) is 19.1 Å². The van der Waals surface area contributed by atoms with E-state index in [2.05, 4.69) is 0 Å². The first-order valence-corrected chi connectivity index (χ1v) is 6.76. The van der Waals surface area contributed by atoms with Crippen molar-refractivity contribution in [1.82, 2.24) is 4.90 Å². The minimum Gasteiger partial charge on any atom is -0.481 e. The third-order valence-electron chi connectivity index (χ3n) is 3.81. The van der Waals surface area contributed by atoms with Crippen molar-refractivity contribution >= 4 is 11.9 Å². The minimum absolute atomic E-state index is 0.0509. The molecule has 2 rings (SSSR count). The summed E-state index contributed by atoms with van der Waals surface area (Å²) in [5.41, 5.74) is -0.857. The maximum Gasteiger partial charge on any atom is 0.313 e. The number of rotatable bonds is 4. The molecule has 1 fully saturated rings. The second kappa shape index (κ2) is 6.22. The molecule has 1 amide bonds. The quantitative estimate of drug-likeness (QED) is 0.919. The summed E-state index contributed by atoms with van der Waals surface area (Å²) >= 11 is 0. The highest BCUT2D eigenvalue weighted by molar-refractivity contribution is 5.94. The molecule has 1 N–H and O–H groups in total. The van der Waals surface area contributed by atoms with Gasteiger partial charge >= 0.3 is 5.97 Å². The third kappa shape index (κ3) is 3.21. The van der Waals surface area contributed by atoms with E-state index in [1.165, 1.54) is 30.2 Å². The van der Waals surface area contributed by atoms with Gasteiger partial charge in [0, 0.05) is 25.8 Å². The molecule has 1 aromatic rings. The van der Waals surface area contributed by atoms with E-state index in [4.69, 9.17) is 4.74 Å². The molecule has 1 aliphatic heterocycles. The molecule has 0 aromatic heterocycles. The van der Waals surface area contributed by atoms with Crippen LogP contribution in [0.25, 0.3) is 0 Å². The van der Waals surface area contributed by atoms with Crippen LogP contribution in [0.1, 0.15) is 23.2 Å². The lowest BCUT2D eigenvalue weighted by Gasteiger charge is -2.39. The highest BCUT2D eigenvalue weighted by atomic mass is 19.1. The van der Waals surface area contributed by atoms with Gasteiger partial charge in [-0.15, -0.1) is 0 Å². The van der Waals surface area contributed by atoms with Crippen LogP contribution >= 0.6 is 0 Å². The number of ether oxygens (including phenoxy) is 1. The van der Waals surface area contributed by atoms with E-state index in [0.717, 1.165) is 6.07 Å². The number of amides is 1. The van der Waals surface area contributed by atoms with Crippen LogP contribution in [0.15, 0.2) is 24.3 Å². The number of carbonyl (C=O) groups is 2. The number of benzene rings is 1. The lowest BCUT2D eigenvalue weighted by atomic mass is 9.80. The number of likely N-dealkylation sites (tertiary alicyclic amines) is 1. The molecule has 0 saturated carbocycles. The Kier molecular flexibility index (Phi) is 4.57. The largest absolute Gasteiger partial charge is 0.481 e. The maximum atomic E-state index is 13.2. The Balaban J connectivity index is 2.20. The summed E-state index contributed by atoms with van der Waals surface area (Å²) in [7, 11) is 1.44. The fraction of sp³-hybridized carbons (Fsp3) is 0.467. The molecule has 0 spiro atoms. The Morgan fingerprint density at radius 3 is 2.86 bits per heavy atom. The van der Waals surface area contributed by atoms with Crippen molar-refractivity contribution in [1.29, 1.82) is 0 Å². The summed E-state index contributed by atoms with van der Waals surface area (Å²) in [4.78, 5) is 25.4. The zero-order chi connectivity index (χ0) is 15.5. The van der Waals surface area contributed by atoms with Crippen LogP contribution in [-0.4, -0.2) is 48.7 Å². The minimum atomic E-state index is -1.09. The molecule has 0 radical (unpaired) electrons. The van der Waals surface area contributed by atoms with E-state index >= 15 is 0 Å². The zero-order valence-corrected chi connectivity index (χ0v) is 11.8. The van der Waals surface area contributed by atoms with E-state index < -0.39 is 17.2 Å². The van der Waals surface area contributed by atoms with Crippen LogP contribution in [0.5, 0.6) is 0 Å². The maximum absolute atomic E-state index is 13.2. The predicted octanol–water partition coefficient (Wildman–Crippen LogP) is 1.78. The standard InChI is InChI=1S/C15H18FNO4/c1-21-10-15(14(19)20)6-3-7-17(9-15)13(18)11-4-2-5-12(16)8-11/h2,4-5,8H,3,6-7,9-10H2,1H3,(H,19,20). The monoisotopic (exact) mass is 295 g/mol. The van der Waals surface area contributed by atoms with E-state index in [1.807, 2.05) is 0 Å². The molecule has 1 unspecified atom stereocenters. The van der Waals surface area contributed by atoms with Gasteiger partial charge in [0.25, 0.3) is 5.91 Å². The van der Waals surface area contributed by atoms with Gasteiger partial charge in [-0.3, -0.25) is 9.59 Å². The van der Waals surface area contributed by atoms with E-state index in [0.29, 0.717) is 19.4 Å². The van der Waals surface area contributed by atoms with Gasteiger partial charge < -0.3 is 14.7 Å². The van der Waals surface area contributed by atoms with Crippen molar-refractivity contribution in [3.05, 3.63) is 35.6 Å². The summed E-state index contributed by atoms with van der Waals surface area (Å²) in [6.07, 6.45) is 1.04. The number of carboxylic acids is 1. The molecule has 1 aliphatic rings. The van der Waals surface area contributed by atoms with Crippen LogP contribution in [0.3, 0.4) is 0 Å². The van der Waals surface area contributed by atoms with Crippen molar-refractivity contribution in [3.63, 3.8) is 0 Å². The van der Waals surface area contributed by atoms with Crippen molar-refractivity contribution in [2.75, 3.05) is 26.8 Å². The Labute approximate surface area is 122 Å². The first kappa shape index (κ1) is 15.4. The van der Waals surface area contributed by atoms with Gasteiger partial charge in [-0.2, -0.15) is 0 Å². The number of hydrogen-bond acceptors (Lipinski definition) is 3. The van der Waals surface area contributed by atoms with Gasteiger partial charge in [-0.25, -0.2) is 4.39 Å². The topological polar surface area (TPSA) is 66.8 Å². The lowest BCUT2D eigenvalue weighted by molar-refractivity contribution is -0.155. The Bertz CT molecular complexity index is 544. The van der Waals surface area contributed by atoms with Crippen LogP contribution in [-0.2, 0) is 9.53 Å². The van der Waals surface area contributed by atoms with E-state index in [-0.39, 0.29) is 24.6 Å². The molecule has 114 valence electrons. The van der Waals surface area contributed by atoms with Gasteiger partial charge in [0.1, 0.15) is 11.2 Å². The summed E-state index contributed by atoms with van der Waals surface area (Å²) in [6, 6.07) is 5.42. The molecule has 1 saturated heterocycles. The second-order valence-corrected chi connectivity index (χ2v) is 5.36. The normalized spacial score (nSPS) is 22.1. The van der Waals surface area contributed by atoms with Crippen molar-refractivity contribution in [3.8, 4) is 0 Å². The number of piperidine rings is 1. The van der Waals surface area contributed by atoms with Gasteiger partial charge in [-0.05, 0) is 31.0 Å². The summed E-state index contributed by atoms with van der Waals surface area (Å²) in [5, 5.41) is 9.46. The highest BCUT2D eigenvalue weighted by Crippen LogP contribution is 2.31. The highest BCUT2D eigenvalue weighted by Gasteiger charge is 2.43. The second-order valence-electron chi connectivity index (χ2n) is 5.36.